The monoisotopic (exact) mass is 238 g/mol. The van der Waals surface area contributed by atoms with Crippen LogP contribution in [0, 0.1) is 19.3 Å². The molecule has 1 saturated carbocycles. The van der Waals surface area contributed by atoms with E-state index < -0.39 is 0 Å². The average Bonchev–Trinajstić information content (AvgIpc) is 3.00. The third-order valence-electron chi connectivity index (χ3n) is 3.37. The molecule has 0 unspecified atom stereocenters. The molecule has 0 atom stereocenters. The van der Waals surface area contributed by atoms with Gasteiger partial charge in [-0.05, 0) is 38.3 Å². The quantitative estimate of drug-likeness (QED) is 0.839. The number of rotatable bonds is 4. The van der Waals surface area contributed by atoms with Crippen LogP contribution in [0.4, 0.5) is 0 Å². The van der Waals surface area contributed by atoms with Crippen molar-refractivity contribution in [3.8, 4) is 0 Å². The first-order valence-corrected chi connectivity index (χ1v) is 6.43. The van der Waals surface area contributed by atoms with Gasteiger partial charge in [0.15, 0.2) is 0 Å². The van der Waals surface area contributed by atoms with E-state index in [4.69, 9.17) is 5.73 Å². The molecule has 3 nitrogen and oxygen atoms in total. The number of amides is 1. The Morgan fingerprint density at radius 1 is 1.56 bits per heavy atom. The maximum Gasteiger partial charge on any atom is 0.227 e. The molecule has 1 fully saturated rings. The van der Waals surface area contributed by atoms with Gasteiger partial charge in [0.2, 0.25) is 5.91 Å². The van der Waals surface area contributed by atoms with Gasteiger partial charge < -0.3 is 11.1 Å². The van der Waals surface area contributed by atoms with Crippen LogP contribution in [0.5, 0.6) is 0 Å². The van der Waals surface area contributed by atoms with E-state index in [1.807, 2.05) is 0 Å². The first-order chi connectivity index (χ1) is 7.57. The Bertz CT molecular complexity index is 388. The maximum atomic E-state index is 11.8. The largest absolute Gasteiger partial charge is 0.351 e. The van der Waals surface area contributed by atoms with Crippen molar-refractivity contribution < 1.29 is 4.79 Å². The van der Waals surface area contributed by atoms with Gasteiger partial charge in [-0.25, -0.2) is 0 Å². The number of aryl methyl sites for hydroxylation is 2. The second-order valence-electron chi connectivity index (χ2n) is 4.62. The highest BCUT2D eigenvalue weighted by Gasteiger charge is 2.48. The Balaban J connectivity index is 1.90. The van der Waals surface area contributed by atoms with Gasteiger partial charge in [0, 0.05) is 16.3 Å². The molecular formula is C12H18N2OS. The molecule has 1 amide bonds. The minimum atomic E-state index is -0.235. The lowest BCUT2D eigenvalue weighted by atomic mass is 10.1. The molecule has 4 heteroatoms. The molecule has 88 valence electrons. The van der Waals surface area contributed by atoms with E-state index >= 15 is 0 Å². The number of carbonyl (C=O) groups excluding carboxylic acids is 1. The lowest BCUT2D eigenvalue weighted by Crippen LogP contribution is -2.35. The van der Waals surface area contributed by atoms with E-state index in [-0.39, 0.29) is 11.3 Å². The molecule has 0 saturated heterocycles. The van der Waals surface area contributed by atoms with Crippen LogP contribution in [-0.2, 0) is 11.3 Å². The summed E-state index contributed by atoms with van der Waals surface area (Å²) in [6.45, 7) is 5.31. The van der Waals surface area contributed by atoms with Crippen LogP contribution in [0.2, 0.25) is 0 Å². The number of hydrogen-bond donors (Lipinski definition) is 2. The average molecular weight is 238 g/mol. The van der Waals surface area contributed by atoms with Crippen LogP contribution < -0.4 is 11.1 Å². The van der Waals surface area contributed by atoms with Crippen LogP contribution >= 0.6 is 11.3 Å². The SMILES string of the molecule is Cc1cc(CNC(=O)C2(CN)CC2)sc1C. The summed E-state index contributed by atoms with van der Waals surface area (Å²) in [6.07, 6.45) is 1.88. The third kappa shape index (κ3) is 2.13. The predicted octanol–water partition coefficient (Wildman–Crippen LogP) is 1.72. The molecule has 16 heavy (non-hydrogen) atoms. The van der Waals surface area contributed by atoms with Crippen molar-refractivity contribution in [1.82, 2.24) is 5.32 Å². The van der Waals surface area contributed by atoms with Crippen molar-refractivity contribution in [2.24, 2.45) is 11.1 Å². The van der Waals surface area contributed by atoms with Crippen LogP contribution in [0.25, 0.3) is 0 Å². The van der Waals surface area contributed by atoms with Crippen molar-refractivity contribution in [2.45, 2.75) is 33.2 Å². The molecule has 1 aromatic rings. The Labute approximate surface area is 100 Å². The molecule has 1 aromatic heterocycles. The van der Waals surface area contributed by atoms with Crippen molar-refractivity contribution in [1.29, 1.82) is 0 Å². The Morgan fingerprint density at radius 2 is 2.25 bits per heavy atom. The summed E-state index contributed by atoms with van der Waals surface area (Å²) in [5, 5.41) is 2.98. The second kappa shape index (κ2) is 4.18. The summed E-state index contributed by atoms with van der Waals surface area (Å²) in [5.41, 5.74) is 6.67. The van der Waals surface area contributed by atoms with Crippen molar-refractivity contribution in [2.75, 3.05) is 6.54 Å². The number of nitrogens with one attached hydrogen (secondary N) is 1. The molecule has 0 aliphatic heterocycles. The molecule has 2 rings (SSSR count). The molecule has 1 aliphatic carbocycles. The summed E-state index contributed by atoms with van der Waals surface area (Å²) in [6, 6.07) is 2.14. The summed E-state index contributed by atoms with van der Waals surface area (Å²) in [4.78, 5) is 14.4. The predicted molar refractivity (Wildman–Crippen MR) is 66.4 cm³/mol. The Morgan fingerprint density at radius 3 is 2.69 bits per heavy atom. The number of carbonyl (C=O) groups is 1. The zero-order chi connectivity index (χ0) is 11.8. The summed E-state index contributed by atoms with van der Waals surface area (Å²) < 4.78 is 0. The minimum Gasteiger partial charge on any atom is -0.351 e. The van der Waals surface area contributed by atoms with E-state index in [0.717, 1.165) is 12.8 Å². The summed E-state index contributed by atoms with van der Waals surface area (Å²) in [5.74, 6) is 0.124. The fraction of sp³-hybridized carbons (Fsp3) is 0.583. The Kier molecular flexibility index (Phi) is 3.04. The van der Waals surface area contributed by atoms with Gasteiger partial charge in [-0.2, -0.15) is 0 Å². The summed E-state index contributed by atoms with van der Waals surface area (Å²) >= 11 is 1.75. The highest BCUT2D eigenvalue weighted by molar-refractivity contribution is 7.12. The van der Waals surface area contributed by atoms with Gasteiger partial charge in [-0.15, -0.1) is 11.3 Å². The topological polar surface area (TPSA) is 55.1 Å². The van der Waals surface area contributed by atoms with Crippen molar-refractivity contribution in [3.05, 3.63) is 21.4 Å². The molecule has 1 aliphatic rings. The van der Waals surface area contributed by atoms with Gasteiger partial charge in [0.25, 0.3) is 0 Å². The van der Waals surface area contributed by atoms with Gasteiger partial charge in [0.1, 0.15) is 0 Å². The van der Waals surface area contributed by atoms with Gasteiger partial charge >= 0.3 is 0 Å². The normalized spacial score (nSPS) is 17.2. The van der Waals surface area contributed by atoms with Crippen LogP contribution in [-0.4, -0.2) is 12.5 Å². The van der Waals surface area contributed by atoms with E-state index in [9.17, 15) is 4.79 Å². The standard InChI is InChI=1S/C12H18N2OS/c1-8-5-10(16-9(8)2)6-14-11(15)12(7-13)3-4-12/h5H,3-4,6-7,13H2,1-2H3,(H,14,15). The van der Waals surface area contributed by atoms with E-state index in [1.165, 1.54) is 15.3 Å². The van der Waals surface area contributed by atoms with Crippen molar-refractivity contribution >= 4 is 17.2 Å². The molecule has 0 aromatic carbocycles. The zero-order valence-electron chi connectivity index (χ0n) is 9.80. The third-order valence-corrected chi connectivity index (χ3v) is 4.52. The first-order valence-electron chi connectivity index (χ1n) is 5.62. The van der Waals surface area contributed by atoms with Crippen LogP contribution in [0.3, 0.4) is 0 Å². The van der Waals surface area contributed by atoms with E-state index in [1.54, 1.807) is 11.3 Å². The highest BCUT2D eigenvalue weighted by Crippen LogP contribution is 2.44. The maximum absolute atomic E-state index is 11.8. The lowest BCUT2D eigenvalue weighted by molar-refractivity contribution is -0.126. The molecule has 3 N–H and O–H groups in total. The smallest absolute Gasteiger partial charge is 0.227 e. The highest BCUT2D eigenvalue weighted by atomic mass is 32.1. The molecule has 0 bridgehead atoms. The number of nitrogens with two attached hydrogens (primary N) is 1. The van der Waals surface area contributed by atoms with Gasteiger partial charge in [-0.1, -0.05) is 0 Å². The van der Waals surface area contributed by atoms with Crippen LogP contribution in [0.1, 0.15) is 28.2 Å². The molecular weight excluding hydrogens is 220 g/mol. The fourth-order valence-electron chi connectivity index (χ4n) is 1.77. The summed E-state index contributed by atoms with van der Waals surface area (Å²) in [7, 11) is 0. The molecule has 0 spiro atoms. The fourth-order valence-corrected chi connectivity index (χ4v) is 2.76. The first kappa shape index (κ1) is 11.6. The van der Waals surface area contributed by atoms with E-state index in [0.29, 0.717) is 13.1 Å². The van der Waals surface area contributed by atoms with Gasteiger partial charge in [-0.3, -0.25) is 4.79 Å². The van der Waals surface area contributed by atoms with Crippen molar-refractivity contribution in [3.63, 3.8) is 0 Å². The number of thiophene rings is 1. The lowest BCUT2D eigenvalue weighted by Gasteiger charge is -2.11. The molecule has 1 heterocycles. The van der Waals surface area contributed by atoms with Crippen LogP contribution in [0.15, 0.2) is 6.07 Å². The number of hydrogen-bond acceptors (Lipinski definition) is 3. The van der Waals surface area contributed by atoms with Gasteiger partial charge in [0.05, 0.1) is 12.0 Å². The minimum absolute atomic E-state index is 0.124. The Hall–Kier alpha value is -0.870. The zero-order valence-corrected chi connectivity index (χ0v) is 10.6. The molecule has 0 radical (unpaired) electrons. The second-order valence-corrected chi connectivity index (χ2v) is 5.96. The van der Waals surface area contributed by atoms with E-state index in [2.05, 4.69) is 25.2 Å².